The van der Waals surface area contributed by atoms with E-state index in [2.05, 4.69) is 13.8 Å². The third-order valence-electron chi connectivity index (χ3n) is 22.2. The molecule has 0 bridgehead atoms. The van der Waals surface area contributed by atoms with E-state index in [9.17, 15) is 97.0 Å². The third-order valence-corrected chi connectivity index (χ3v) is 22.2. The van der Waals surface area contributed by atoms with Gasteiger partial charge < -0.3 is 149 Å². The van der Waals surface area contributed by atoms with Gasteiger partial charge in [0, 0.05) is 12.3 Å². The smallest absolute Gasteiger partial charge is 0.187 e. The number of aliphatic hydroxyl groups excluding tert-OH is 18. The lowest BCUT2D eigenvalue weighted by Crippen LogP contribution is -2.68. The molecule has 10 fully saturated rings. The molecule has 0 spiro atoms. The fourth-order valence-electron chi connectivity index (χ4n) is 17.2. The topological polar surface area (TPSA) is 486 Å². The van der Waals surface area contributed by atoms with Crippen LogP contribution >= 0.6 is 0 Å². The van der Waals surface area contributed by atoms with Crippen molar-refractivity contribution in [3.05, 3.63) is 0 Å². The summed E-state index contributed by atoms with van der Waals surface area (Å²) < 4.78 is 65.8. The van der Waals surface area contributed by atoms with Crippen LogP contribution in [0.3, 0.4) is 0 Å². The van der Waals surface area contributed by atoms with Gasteiger partial charge in [-0.25, -0.2) is 0 Å². The largest absolute Gasteiger partial charge is 0.394 e. The zero-order valence-electron chi connectivity index (χ0n) is 49.3. The Morgan fingerprint density at radius 2 is 0.931 bits per heavy atom. The van der Waals surface area contributed by atoms with Crippen LogP contribution in [0.25, 0.3) is 0 Å². The molecule has 4 saturated carbocycles. The van der Waals surface area contributed by atoms with Gasteiger partial charge in [0.05, 0.1) is 58.0 Å². The van der Waals surface area contributed by atoms with Gasteiger partial charge in [0.15, 0.2) is 37.2 Å². The average Bonchev–Trinajstić information content (AvgIpc) is 1.60. The van der Waals surface area contributed by atoms with Crippen LogP contribution in [-0.4, -0.2) is 314 Å². The predicted octanol–water partition coefficient (Wildman–Crippen LogP) is -7.16. The summed E-state index contributed by atoms with van der Waals surface area (Å²) in [5, 5.41) is 205. The Bertz CT molecular complexity index is 2220. The summed E-state index contributed by atoms with van der Waals surface area (Å²) >= 11 is 0. The Morgan fingerprint density at radius 1 is 0.460 bits per heavy atom. The molecule has 19 N–H and O–H groups in total. The maximum Gasteiger partial charge on any atom is 0.187 e. The minimum atomic E-state index is -2.08. The number of hydrogen-bond acceptors (Lipinski definition) is 30. The first-order valence-electron chi connectivity index (χ1n) is 31.0. The Hall–Kier alpha value is -1.20. The highest BCUT2D eigenvalue weighted by Crippen LogP contribution is 2.71. The second-order valence-electron chi connectivity index (χ2n) is 27.2. The lowest BCUT2D eigenvalue weighted by molar-refractivity contribution is -0.406. The third kappa shape index (κ3) is 12.6. The zero-order chi connectivity index (χ0) is 63.1. The van der Waals surface area contributed by atoms with Crippen molar-refractivity contribution in [2.45, 2.75) is 263 Å². The van der Waals surface area contributed by atoms with Crippen LogP contribution in [-0.2, 0) is 52.1 Å². The molecule has 30 nitrogen and oxygen atoms in total. The zero-order valence-corrected chi connectivity index (χ0v) is 49.3. The van der Waals surface area contributed by atoms with Crippen LogP contribution in [0.4, 0.5) is 0 Å². The van der Waals surface area contributed by atoms with Crippen molar-refractivity contribution in [1.29, 1.82) is 0 Å². The highest BCUT2D eigenvalue weighted by Gasteiger charge is 2.69. The molecule has 10 aliphatic rings. The van der Waals surface area contributed by atoms with Gasteiger partial charge in [-0.1, -0.05) is 27.7 Å². The van der Waals surface area contributed by atoms with E-state index in [1.807, 2.05) is 13.8 Å². The van der Waals surface area contributed by atoms with Crippen LogP contribution in [0.2, 0.25) is 0 Å². The predicted molar refractivity (Wildman–Crippen MR) is 286 cm³/mol. The molecule has 6 heterocycles. The summed E-state index contributed by atoms with van der Waals surface area (Å²) in [7, 11) is 0. The van der Waals surface area contributed by atoms with Gasteiger partial charge in [0.1, 0.15) is 122 Å². The Kier molecular flexibility index (Phi) is 21.5. The van der Waals surface area contributed by atoms with Gasteiger partial charge in [0.2, 0.25) is 0 Å². The SMILES string of the molecule is CC(CCC1(O)OC2CC3C4CC(O)C5CC(OC6OC(CO)C(OC7OC(CO)C(O)C(OC8OC(CO)C(O)C(O)C8O)C7OC7OC(CO)C(O)C(O)C7O)C(O)C6O)CCC5(C)C4CCC3(C)C2C1C)COC1OC(CO)C(O)C(O)C1O. The van der Waals surface area contributed by atoms with E-state index in [-0.39, 0.29) is 65.0 Å². The molecule has 38 unspecified atom stereocenters. The number of ether oxygens (including phenoxy) is 11. The van der Waals surface area contributed by atoms with E-state index in [1.165, 1.54) is 0 Å². The minimum Gasteiger partial charge on any atom is -0.394 e. The van der Waals surface area contributed by atoms with E-state index < -0.39 is 205 Å². The fourth-order valence-corrected chi connectivity index (χ4v) is 17.2. The summed E-state index contributed by atoms with van der Waals surface area (Å²) in [6.45, 7) is 4.43. The van der Waals surface area contributed by atoms with E-state index in [4.69, 9.17) is 52.1 Å². The standard InChI is InChI=1S/C57H96O30/c1-20(19-77-50-43(72)39(68)35(64)29(14-58)79-50)5-10-57(76)21(2)34-28(87-57)13-25-23-12-27(63)26-11-22(6-8-55(26,3)24(23)7-9-56(25,34)4)78-51-46(75)42(71)47(33(18-62)83-51)84-54-49(86-53-45(74)41(70)37(66)31(16-60)81-53)48(38(67)32(17-61)82-54)85-52-44(73)40(69)36(65)30(15-59)80-52/h20-54,58-76H,5-19H2,1-4H3. The molecule has 504 valence electrons. The fraction of sp³-hybridized carbons (Fsp3) is 1.00. The monoisotopic (exact) mass is 1260 g/mol. The highest BCUT2D eigenvalue weighted by atomic mass is 16.8. The number of hydrogen-bond donors (Lipinski definition) is 19. The van der Waals surface area contributed by atoms with Crippen molar-refractivity contribution < 1.29 is 149 Å². The van der Waals surface area contributed by atoms with Gasteiger partial charge in [-0.2, -0.15) is 0 Å². The van der Waals surface area contributed by atoms with Gasteiger partial charge in [-0.15, -0.1) is 0 Å². The maximum absolute atomic E-state index is 12.2. The first kappa shape index (κ1) is 68.7. The molecule has 6 aliphatic heterocycles. The Morgan fingerprint density at radius 3 is 1.51 bits per heavy atom. The minimum absolute atomic E-state index is 0.0498. The number of aliphatic hydroxyl groups is 19. The summed E-state index contributed by atoms with van der Waals surface area (Å²) in [6, 6.07) is 0. The average molecular weight is 1260 g/mol. The Balaban J connectivity index is 0.777. The summed E-state index contributed by atoms with van der Waals surface area (Å²) in [5.74, 6) is -1.33. The van der Waals surface area contributed by atoms with Gasteiger partial charge in [-0.05, 0) is 97.7 Å². The van der Waals surface area contributed by atoms with Crippen molar-refractivity contribution in [2.75, 3.05) is 39.6 Å². The van der Waals surface area contributed by atoms with Gasteiger partial charge >= 0.3 is 0 Å². The van der Waals surface area contributed by atoms with Crippen molar-refractivity contribution in [2.24, 2.45) is 52.3 Å². The summed E-state index contributed by atoms with van der Waals surface area (Å²) in [6.07, 6.45) is -40.2. The second kappa shape index (κ2) is 27.3. The quantitative estimate of drug-likeness (QED) is 0.0534. The summed E-state index contributed by atoms with van der Waals surface area (Å²) in [5.41, 5.74) is -0.511. The first-order chi connectivity index (χ1) is 41.2. The van der Waals surface area contributed by atoms with Crippen LogP contribution in [0.5, 0.6) is 0 Å². The van der Waals surface area contributed by atoms with Crippen molar-refractivity contribution in [3.8, 4) is 0 Å². The Labute approximate surface area is 502 Å². The van der Waals surface area contributed by atoms with E-state index >= 15 is 0 Å². The van der Waals surface area contributed by atoms with E-state index in [1.54, 1.807) is 0 Å². The summed E-state index contributed by atoms with van der Waals surface area (Å²) in [4.78, 5) is 0. The van der Waals surface area contributed by atoms with Crippen molar-refractivity contribution in [3.63, 3.8) is 0 Å². The van der Waals surface area contributed by atoms with E-state index in [0.717, 1.165) is 19.3 Å². The molecule has 6 saturated heterocycles. The van der Waals surface area contributed by atoms with Gasteiger partial charge in [0.25, 0.3) is 0 Å². The van der Waals surface area contributed by atoms with Gasteiger partial charge in [-0.3, -0.25) is 0 Å². The normalized spacial score (nSPS) is 55.6. The number of fused-ring (bicyclic) bond motifs is 7. The molecular formula is C57H96O30. The molecule has 0 radical (unpaired) electrons. The molecular weight excluding hydrogens is 1160 g/mol. The van der Waals surface area contributed by atoms with Crippen LogP contribution < -0.4 is 0 Å². The first-order valence-corrected chi connectivity index (χ1v) is 31.0. The van der Waals surface area contributed by atoms with Crippen molar-refractivity contribution >= 4 is 0 Å². The molecule has 0 amide bonds. The molecule has 30 heteroatoms. The molecule has 4 aliphatic carbocycles. The van der Waals surface area contributed by atoms with Crippen LogP contribution in [0.15, 0.2) is 0 Å². The van der Waals surface area contributed by atoms with Crippen LogP contribution in [0, 0.1) is 52.3 Å². The molecule has 87 heavy (non-hydrogen) atoms. The van der Waals surface area contributed by atoms with E-state index in [0.29, 0.717) is 38.5 Å². The maximum atomic E-state index is 12.2. The molecule has 0 aromatic carbocycles. The van der Waals surface area contributed by atoms with Crippen molar-refractivity contribution in [1.82, 2.24) is 0 Å². The second-order valence-corrected chi connectivity index (χ2v) is 27.2. The van der Waals surface area contributed by atoms with Crippen LogP contribution in [0.1, 0.15) is 85.5 Å². The molecule has 10 rings (SSSR count). The molecule has 0 aromatic heterocycles. The molecule has 38 atom stereocenters. The highest BCUT2D eigenvalue weighted by molar-refractivity contribution is 5.16. The number of rotatable bonds is 19. The lowest BCUT2D eigenvalue weighted by Gasteiger charge is -2.62. The molecule has 0 aromatic rings. The lowest BCUT2D eigenvalue weighted by atomic mass is 9.43.